The number of ether oxygens (including phenoxy) is 1. The van der Waals surface area contributed by atoms with Crippen molar-refractivity contribution in [2.24, 2.45) is 0 Å². The summed E-state index contributed by atoms with van der Waals surface area (Å²) in [4.78, 5) is 0. The molecule has 1 aromatic heterocycles. The van der Waals surface area contributed by atoms with E-state index in [0.29, 0.717) is 12.6 Å². The quantitative estimate of drug-likeness (QED) is 0.622. The third-order valence-electron chi connectivity index (χ3n) is 3.81. The average molecular weight is 361 g/mol. The monoisotopic (exact) mass is 360 g/mol. The predicted molar refractivity (Wildman–Crippen MR) is 86.6 cm³/mol. The lowest BCUT2D eigenvalue weighted by atomic mass is 10.0. The fourth-order valence-electron chi connectivity index (χ4n) is 2.59. The third kappa shape index (κ3) is 4.68. The van der Waals surface area contributed by atoms with Crippen LogP contribution in [0.25, 0.3) is 0 Å². The highest BCUT2D eigenvalue weighted by Gasteiger charge is 2.27. The van der Waals surface area contributed by atoms with E-state index in [-0.39, 0.29) is 6.10 Å². The topological polar surface area (TPSA) is 47.3 Å². The molecule has 1 unspecified atom stereocenters. The maximum Gasteiger partial charge on any atom is 0.139 e. The van der Waals surface area contributed by atoms with Gasteiger partial charge in [0.1, 0.15) is 11.3 Å². The van der Waals surface area contributed by atoms with Crippen LogP contribution in [-0.4, -0.2) is 35.7 Å². The summed E-state index contributed by atoms with van der Waals surface area (Å²) in [5.74, 6) is 0.407. The van der Waals surface area contributed by atoms with Gasteiger partial charge in [-0.2, -0.15) is 5.10 Å². The molecule has 1 heterocycles. The van der Waals surface area contributed by atoms with E-state index in [4.69, 9.17) is 4.74 Å². The van der Waals surface area contributed by atoms with E-state index in [9.17, 15) is 5.11 Å². The summed E-state index contributed by atoms with van der Waals surface area (Å²) in [7, 11) is -1.04. The van der Waals surface area contributed by atoms with Gasteiger partial charge in [-0.3, -0.25) is 0 Å². The summed E-state index contributed by atoms with van der Waals surface area (Å²) in [5.41, 5.74) is 1.18. The standard InChI is InChI=1S/C14H25BrN2O2Si/c1-20(2,3)7-6-19-10-17-13(9-14(15)16-17)11-4-5-12(18)8-11/h9,11-12,18H,4-8,10H2,1-3H3/t11?,12-/m0/s1. The molecule has 2 rings (SSSR count). The predicted octanol–water partition coefficient (Wildman–Crippen LogP) is 3.59. The number of nitrogens with zero attached hydrogens (tertiary/aromatic N) is 2. The Morgan fingerprint density at radius 3 is 2.80 bits per heavy atom. The molecule has 1 saturated carbocycles. The van der Waals surface area contributed by atoms with Gasteiger partial charge in [0.2, 0.25) is 0 Å². The molecule has 1 aliphatic carbocycles. The molecule has 0 radical (unpaired) electrons. The van der Waals surface area contributed by atoms with Gasteiger partial charge in [0, 0.05) is 26.3 Å². The Bertz CT molecular complexity index is 445. The SMILES string of the molecule is C[Si](C)(C)CCOCn1nc(Br)cc1C1CC[C@H](O)C1. The van der Waals surface area contributed by atoms with Crippen LogP contribution in [0.5, 0.6) is 0 Å². The number of rotatable bonds is 6. The lowest BCUT2D eigenvalue weighted by Gasteiger charge is -2.17. The lowest BCUT2D eigenvalue weighted by molar-refractivity contribution is 0.0752. The van der Waals surface area contributed by atoms with Gasteiger partial charge >= 0.3 is 0 Å². The molecule has 4 nitrogen and oxygen atoms in total. The smallest absolute Gasteiger partial charge is 0.139 e. The van der Waals surface area contributed by atoms with Crippen LogP contribution >= 0.6 is 15.9 Å². The van der Waals surface area contributed by atoms with E-state index >= 15 is 0 Å². The van der Waals surface area contributed by atoms with E-state index in [1.165, 1.54) is 11.7 Å². The Kier molecular flexibility index (Phi) is 5.45. The molecule has 0 aromatic carbocycles. The van der Waals surface area contributed by atoms with Crippen molar-refractivity contribution < 1.29 is 9.84 Å². The van der Waals surface area contributed by atoms with Crippen LogP contribution in [0, 0.1) is 0 Å². The Balaban J connectivity index is 1.91. The highest BCUT2D eigenvalue weighted by molar-refractivity contribution is 9.10. The van der Waals surface area contributed by atoms with Crippen molar-refractivity contribution in [3.05, 3.63) is 16.4 Å². The van der Waals surface area contributed by atoms with Gasteiger partial charge in [-0.25, -0.2) is 4.68 Å². The molecule has 0 spiro atoms. The molecule has 6 heteroatoms. The van der Waals surface area contributed by atoms with Crippen molar-refractivity contribution in [1.82, 2.24) is 9.78 Å². The summed E-state index contributed by atoms with van der Waals surface area (Å²) in [6, 6.07) is 3.23. The number of hydrogen-bond donors (Lipinski definition) is 1. The number of aliphatic hydroxyl groups excluding tert-OH is 1. The summed E-state index contributed by atoms with van der Waals surface area (Å²) in [5, 5.41) is 14.1. The van der Waals surface area contributed by atoms with Gasteiger partial charge < -0.3 is 9.84 Å². The molecule has 1 aliphatic rings. The maximum absolute atomic E-state index is 9.69. The molecule has 0 aliphatic heterocycles. The second-order valence-electron chi connectivity index (χ2n) is 6.90. The van der Waals surface area contributed by atoms with Crippen molar-refractivity contribution in [1.29, 1.82) is 0 Å². The third-order valence-corrected chi connectivity index (χ3v) is 5.91. The van der Waals surface area contributed by atoms with Crippen molar-refractivity contribution >= 4 is 24.0 Å². The highest BCUT2D eigenvalue weighted by atomic mass is 79.9. The first-order valence-electron chi connectivity index (χ1n) is 7.34. The second-order valence-corrected chi connectivity index (χ2v) is 13.3. The largest absolute Gasteiger partial charge is 0.393 e. The fraction of sp³-hybridized carbons (Fsp3) is 0.786. The Hall–Kier alpha value is -0.173. The molecular weight excluding hydrogens is 336 g/mol. The molecule has 2 atom stereocenters. The van der Waals surface area contributed by atoms with Crippen LogP contribution in [0.2, 0.25) is 25.7 Å². The first kappa shape index (κ1) is 16.2. The van der Waals surface area contributed by atoms with Gasteiger partial charge in [0.05, 0.1) is 6.10 Å². The minimum atomic E-state index is -1.04. The zero-order valence-corrected chi connectivity index (χ0v) is 15.2. The highest BCUT2D eigenvalue weighted by Crippen LogP contribution is 2.35. The summed E-state index contributed by atoms with van der Waals surface area (Å²) >= 11 is 3.44. The van der Waals surface area contributed by atoms with Gasteiger partial charge in [-0.15, -0.1) is 0 Å². The van der Waals surface area contributed by atoms with Crippen molar-refractivity contribution in [2.45, 2.75) is 63.7 Å². The van der Waals surface area contributed by atoms with E-state index in [0.717, 1.165) is 30.5 Å². The fourth-order valence-corrected chi connectivity index (χ4v) is 3.77. The van der Waals surface area contributed by atoms with E-state index in [1.54, 1.807) is 0 Å². The van der Waals surface area contributed by atoms with E-state index in [2.05, 4.69) is 46.7 Å². The van der Waals surface area contributed by atoms with Crippen LogP contribution in [0.3, 0.4) is 0 Å². The lowest BCUT2D eigenvalue weighted by Crippen LogP contribution is -2.22. The number of hydrogen-bond acceptors (Lipinski definition) is 3. The number of halogens is 1. The van der Waals surface area contributed by atoms with E-state index < -0.39 is 8.07 Å². The van der Waals surface area contributed by atoms with Crippen molar-refractivity contribution in [3.63, 3.8) is 0 Å². The molecule has 0 bridgehead atoms. The minimum absolute atomic E-state index is 0.157. The summed E-state index contributed by atoms with van der Waals surface area (Å²) < 4.78 is 8.58. The summed E-state index contributed by atoms with van der Waals surface area (Å²) in [6.07, 6.45) is 2.61. The van der Waals surface area contributed by atoms with Crippen LogP contribution in [0.1, 0.15) is 30.9 Å². The van der Waals surface area contributed by atoms with Gasteiger partial charge in [-0.05, 0) is 47.3 Å². The van der Waals surface area contributed by atoms with Crippen molar-refractivity contribution in [3.8, 4) is 0 Å². The first-order valence-corrected chi connectivity index (χ1v) is 11.8. The molecule has 1 aromatic rings. The molecule has 114 valence electrons. The van der Waals surface area contributed by atoms with E-state index in [1.807, 2.05) is 4.68 Å². The van der Waals surface area contributed by atoms with Crippen LogP contribution < -0.4 is 0 Å². The average Bonchev–Trinajstić information content (AvgIpc) is 2.90. The Labute approximate surface area is 130 Å². The Morgan fingerprint density at radius 2 is 2.20 bits per heavy atom. The normalized spacial score (nSPS) is 23.4. The van der Waals surface area contributed by atoms with Gasteiger partial charge in [0.25, 0.3) is 0 Å². The summed E-state index contributed by atoms with van der Waals surface area (Å²) in [6.45, 7) is 8.38. The molecule has 1 fully saturated rings. The maximum atomic E-state index is 9.69. The molecule has 0 saturated heterocycles. The zero-order chi connectivity index (χ0) is 14.8. The van der Waals surface area contributed by atoms with Crippen LogP contribution in [0.15, 0.2) is 10.7 Å². The molecule has 1 N–H and O–H groups in total. The number of aromatic nitrogens is 2. The van der Waals surface area contributed by atoms with Gasteiger partial charge in [0.15, 0.2) is 0 Å². The molecule has 20 heavy (non-hydrogen) atoms. The van der Waals surface area contributed by atoms with Crippen LogP contribution in [0.4, 0.5) is 0 Å². The first-order chi connectivity index (χ1) is 9.35. The number of aliphatic hydroxyl groups is 1. The van der Waals surface area contributed by atoms with Gasteiger partial charge in [-0.1, -0.05) is 19.6 Å². The molecular formula is C14H25BrN2O2Si. The molecule has 0 amide bonds. The van der Waals surface area contributed by atoms with Crippen molar-refractivity contribution in [2.75, 3.05) is 6.61 Å². The van der Waals surface area contributed by atoms with Crippen LogP contribution in [-0.2, 0) is 11.5 Å². The zero-order valence-electron chi connectivity index (χ0n) is 12.6. The second kappa shape index (κ2) is 6.73. The minimum Gasteiger partial charge on any atom is -0.393 e. The Morgan fingerprint density at radius 1 is 1.45 bits per heavy atom.